The fourth-order valence-corrected chi connectivity index (χ4v) is 3.06. The van der Waals surface area contributed by atoms with Gasteiger partial charge in [0.25, 0.3) is 0 Å². The summed E-state index contributed by atoms with van der Waals surface area (Å²) in [5.41, 5.74) is 2.07. The highest BCUT2D eigenvalue weighted by Crippen LogP contribution is 2.18. The standard InChI is InChI=1S/C23H24N2O3/c1-28-20-11-9-17(10-12-20)13-14-24-23(27)16-25-22(26)15-19-7-4-6-18-5-2-3-8-21(18)19/h2-12H,13-16H2,1H3,(H,24,27)(H,25,26). The third-order valence-corrected chi connectivity index (χ3v) is 4.57. The number of amides is 2. The maximum absolute atomic E-state index is 12.2. The first-order chi connectivity index (χ1) is 13.7. The summed E-state index contributed by atoms with van der Waals surface area (Å²) in [7, 11) is 1.63. The van der Waals surface area contributed by atoms with E-state index < -0.39 is 0 Å². The first kappa shape index (κ1) is 19.4. The summed E-state index contributed by atoms with van der Waals surface area (Å²) in [6, 6.07) is 21.6. The van der Waals surface area contributed by atoms with Crippen molar-refractivity contribution in [2.24, 2.45) is 0 Å². The third-order valence-electron chi connectivity index (χ3n) is 4.57. The smallest absolute Gasteiger partial charge is 0.239 e. The molecular weight excluding hydrogens is 352 g/mol. The molecule has 2 N–H and O–H groups in total. The van der Waals surface area contributed by atoms with E-state index in [4.69, 9.17) is 4.74 Å². The van der Waals surface area contributed by atoms with Crippen LogP contribution in [0, 0.1) is 0 Å². The van der Waals surface area contributed by atoms with Gasteiger partial charge in [0, 0.05) is 6.54 Å². The van der Waals surface area contributed by atoms with Gasteiger partial charge in [-0.05, 0) is 40.5 Å². The molecular formula is C23H24N2O3. The summed E-state index contributed by atoms with van der Waals surface area (Å²) in [5.74, 6) is 0.447. The van der Waals surface area contributed by atoms with Crippen molar-refractivity contribution in [2.75, 3.05) is 20.2 Å². The first-order valence-electron chi connectivity index (χ1n) is 9.28. The van der Waals surface area contributed by atoms with Gasteiger partial charge >= 0.3 is 0 Å². The number of carbonyl (C=O) groups is 2. The van der Waals surface area contributed by atoms with E-state index in [1.165, 1.54) is 0 Å². The minimum Gasteiger partial charge on any atom is -0.497 e. The van der Waals surface area contributed by atoms with Crippen molar-refractivity contribution in [3.63, 3.8) is 0 Å². The number of ether oxygens (including phenoxy) is 1. The largest absolute Gasteiger partial charge is 0.497 e. The number of fused-ring (bicyclic) bond motifs is 1. The normalized spacial score (nSPS) is 10.5. The Morgan fingerprint density at radius 1 is 0.857 bits per heavy atom. The van der Waals surface area contributed by atoms with Crippen LogP contribution in [0.25, 0.3) is 10.8 Å². The molecule has 0 saturated carbocycles. The lowest BCUT2D eigenvalue weighted by atomic mass is 10.0. The Hall–Kier alpha value is -3.34. The number of nitrogens with one attached hydrogen (secondary N) is 2. The molecule has 0 radical (unpaired) electrons. The quantitative estimate of drug-likeness (QED) is 0.635. The van der Waals surface area contributed by atoms with Crippen LogP contribution in [0.4, 0.5) is 0 Å². The molecule has 0 bridgehead atoms. The molecule has 0 aliphatic heterocycles. The fraction of sp³-hybridized carbons (Fsp3) is 0.217. The Morgan fingerprint density at radius 2 is 1.61 bits per heavy atom. The lowest BCUT2D eigenvalue weighted by Crippen LogP contribution is -2.38. The van der Waals surface area contributed by atoms with Crippen LogP contribution in [-0.2, 0) is 22.4 Å². The molecule has 2 amide bonds. The Labute approximate surface area is 164 Å². The molecule has 5 heteroatoms. The number of hydrogen-bond acceptors (Lipinski definition) is 3. The van der Waals surface area contributed by atoms with Gasteiger partial charge in [0.2, 0.25) is 11.8 Å². The molecule has 0 saturated heterocycles. The van der Waals surface area contributed by atoms with Crippen LogP contribution in [-0.4, -0.2) is 32.0 Å². The zero-order valence-corrected chi connectivity index (χ0v) is 15.9. The third kappa shape index (κ3) is 5.33. The van der Waals surface area contributed by atoms with Crippen LogP contribution in [0.5, 0.6) is 5.75 Å². The van der Waals surface area contributed by atoms with E-state index in [1.54, 1.807) is 7.11 Å². The minimum absolute atomic E-state index is 0.0216. The Balaban J connectivity index is 1.42. The molecule has 144 valence electrons. The zero-order chi connectivity index (χ0) is 19.8. The number of carbonyl (C=O) groups excluding carboxylic acids is 2. The van der Waals surface area contributed by atoms with E-state index >= 15 is 0 Å². The van der Waals surface area contributed by atoms with E-state index in [0.29, 0.717) is 6.54 Å². The Morgan fingerprint density at radius 3 is 2.39 bits per heavy atom. The van der Waals surface area contributed by atoms with Crippen LogP contribution < -0.4 is 15.4 Å². The molecule has 3 rings (SSSR count). The molecule has 0 spiro atoms. The summed E-state index contributed by atoms with van der Waals surface area (Å²) in [4.78, 5) is 24.2. The minimum atomic E-state index is -0.195. The van der Waals surface area contributed by atoms with Gasteiger partial charge in [0.1, 0.15) is 5.75 Å². The van der Waals surface area contributed by atoms with Crippen molar-refractivity contribution in [3.8, 4) is 5.75 Å². The predicted octanol–water partition coefficient (Wildman–Crippen LogP) is 2.87. The highest BCUT2D eigenvalue weighted by molar-refractivity contribution is 5.91. The van der Waals surface area contributed by atoms with Gasteiger partial charge in [-0.2, -0.15) is 0 Å². The Bertz CT molecular complexity index is 946. The molecule has 3 aromatic rings. The molecule has 5 nitrogen and oxygen atoms in total. The molecule has 0 aromatic heterocycles. The van der Waals surface area contributed by atoms with Gasteiger partial charge in [-0.15, -0.1) is 0 Å². The average Bonchev–Trinajstić information content (AvgIpc) is 2.73. The van der Waals surface area contributed by atoms with Crippen molar-refractivity contribution in [1.82, 2.24) is 10.6 Å². The fourth-order valence-electron chi connectivity index (χ4n) is 3.06. The molecule has 0 atom stereocenters. The predicted molar refractivity (Wildman–Crippen MR) is 110 cm³/mol. The van der Waals surface area contributed by atoms with E-state index in [0.717, 1.165) is 34.1 Å². The van der Waals surface area contributed by atoms with Crippen molar-refractivity contribution >= 4 is 22.6 Å². The van der Waals surface area contributed by atoms with E-state index in [1.807, 2.05) is 66.7 Å². The van der Waals surface area contributed by atoms with Crippen molar-refractivity contribution < 1.29 is 14.3 Å². The maximum Gasteiger partial charge on any atom is 0.239 e. The van der Waals surface area contributed by atoms with Crippen molar-refractivity contribution in [1.29, 1.82) is 0 Å². The first-order valence-corrected chi connectivity index (χ1v) is 9.28. The summed E-state index contributed by atoms with van der Waals surface area (Å²) < 4.78 is 5.12. The highest BCUT2D eigenvalue weighted by atomic mass is 16.5. The van der Waals surface area contributed by atoms with Gasteiger partial charge in [0.05, 0.1) is 20.1 Å². The van der Waals surface area contributed by atoms with Crippen LogP contribution in [0.2, 0.25) is 0 Å². The molecule has 0 aliphatic rings. The van der Waals surface area contributed by atoms with Crippen LogP contribution >= 0.6 is 0 Å². The van der Waals surface area contributed by atoms with Gasteiger partial charge in [-0.25, -0.2) is 0 Å². The number of benzene rings is 3. The number of hydrogen-bond donors (Lipinski definition) is 2. The molecule has 3 aromatic carbocycles. The van der Waals surface area contributed by atoms with Gasteiger partial charge < -0.3 is 15.4 Å². The SMILES string of the molecule is COc1ccc(CCNC(=O)CNC(=O)Cc2cccc3ccccc23)cc1. The monoisotopic (exact) mass is 376 g/mol. The van der Waals surface area contributed by atoms with E-state index in [-0.39, 0.29) is 24.8 Å². The van der Waals surface area contributed by atoms with Crippen LogP contribution in [0.1, 0.15) is 11.1 Å². The molecule has 0 heterocycles. The maximum atomic E-state index is 12.2. The number of methoxy groups -OCH3 is 1. The van der Waals surface area contributed by atoms with Gasteiger partial charge in [-0.1, -0.05) is 54.6 Å². The summed E-state index contributed by atoms with van der Waals surface area (Å²) in [6.45, 7) is 0.497. The zero-order valence-electron chi connectivity index (χ0n) is 15.9. The second-order valence-electron chi connectivity index (χ2n) is 6.54. The van der Waals surface area contributed by atoms with Crippen molar-refractivity contribution in [2.45, 2.75) is 12.8 Å². The number of rotatable bonds is 8. The van der Waals surface area contributed by atoms with Crippen LogP contribution in [0.3, 0.4) is 0 Å². The van der Waals surface area contributed by atoms with E-state index in [2.05, 4.69) is 10.6 Å². The Kier molecular flexibility index (Phi) is 6.63. The molecule has 0 unspecified atom stereocenters. The summed E-state index contributed by atoms with van der Waals surface area (Å²) >= 11 is 0. The average molecular weight is 376 g/mol. The summed E-state index contributed by atoms with van der Waals surface area (Å²) in [6.07, 6.45) is 0.972. The highest BCUT2D eigenvalue weighted by Gasteiger charge is 2.08. The second-order valence-corrected chi connectivity index (χ2v) is 6.54. The lowest BCUT2D eigenvalue weighted by Gasteiger charge is -2.09. The van der Waals surface area contributed by atoms with Gasteiger partial charge in [0.15, 0.2) is 0 Å². The lowest BCUT2D eigenvalue weighted by molar-refractivity contribution is -0.125. The summed E-state index contributed by atoms with van der Waals surface area (Å²) in [5, 5.41) is 7.68. The topological polar surface area (TPSA) is 67.4 Å². The van der Waals surface area contributed by atoms with Crippen molar-refractivity contribution in [3.05, 3.63) is 77.9 Å². The van der Waals surface area contributed by atoms with Crippen LogP contribution in [0.15, 0.2) is 66.7 Å². The molecule has 28 heavy (non-hydrogen) atoms. The second kappa shape index (κ2) is 9.55. The molecule has 0 aliphatic carbocycles. The van der Waals surface area contributed by atoms with Gasteiger partial charge in [-0.3, -0.25) is 9.59 Å². The van der Waals surface area contributed by atoms with E-state index in [9.17, 15) is 9.59 Å². The molecule has 0 fully saturated rings.